The predicted molar refractivity (Wildman–Crippen MR) is 117 cm³/mol. The van der Waals surface area contributed by atoms with Crippen molar-refractivity contribution in [3.8, 4) is 22.3 Å². The van der Waals surface area contributed by atoms with Crippen molar-refractivity contribution in [1.82, 2.24) is 0 Å². The van der Waals surface area contributed by atoms with Crippen LogP contribution in [0.3, 0.4) is 0 Å². The van der Waals surface area contributed by atoms with Gasteiger partial charge in [-0.1, -0.05) is 69.7 Å². The average molecular weight is 373 g/mol. The van der Waals surface area contributed by atoms with Gasteiger partial charge in [-0.15, -0.1) is 0 Å². The Morgan fingerprint density at radius 1 is 0.857 bits per heavy atom. The highest BCUT2D eigenvalue weighted by atomic mass is 16.6. The zero-order valence-electron chi connectivity index (χ0n) is 16.8. The largest absolute Gasteiger partial charge is 0.272 e. The fourth-order valence-corrected chi connectivity index (χ4v) is 3.68. The van der Waals surface area contributed by atoms with E-state index in [1.807, 2.05) is 30.3 Å². The van der Waals surface area contributed by atoms with Crippen LogP contribution in [-0.2, 0) is 12.8 Å². The second-order valence-corrected chi connectivity index (χ2v) is 7.69. The summed E-state index contributed by atoms with van der Waals surface area (Å²) in [5, 5.41) is 11.5. The van der Waals surface area contributed by atoms with E-state index in [4.69, 9.17) is 0 Å². The van der Waals surface area contributed by atoms with Gasteiger partial charge in [-0.3, -0.25) is 10.1 Å². The number of rotatable bonds is 7. The summed E-state index contributed by atoms with van der Waals surface area (Å²) >= 11 is 0. The molecule has 0 saturated carbocycles. The van der Waals surface area contributed by atoms with E-state index in [1.165, 1.54) is 22.3 Å². The Morgan fingerprint density at radius 3 is 2.21 bits per heavy atom. The van der Waals surface area contributed by atoms with Crippen LogP contribution in [0.15, 0.2) is 66.7 Å². The maximum absolute atomic E-state index is 11.5. The van der Waals surface area contributed by atoms with Crippen LogP contribution in [0.4, 0.5) is 5.69 Å². The molecule has 0 atom stereocenters. The second-order valence-electron chi connectivity index (χ2n) is 7.69. The Hall–Kier alpha value is -2.94. The minimum absolute atomic E-state index is 0.216. The van der Waals surface area contributed by atoms with Gasteiger partial charge in [-0.2, -0.15) is 0 Å². The van der Waals surface area contributed by atoms with Crippen LogP contribution in [0.5, 0.6) is 0 Å². The van der Waals surface area contributed by atoms with E-state index in [2.05, 4.69) is 51.1 Å². The number of nitrogens with zero attached hydrogens (tertiary/aromatic N) is 1. The molecule has 3 aromatic carbocycles. The number of aryl methyl sites for hydroxylation is 1. The van der Waals surface area contributed by atoms with Gasteiger partial charge in [0.05, 0.1) is 4.92 Å². The van der Waals surface area contributed by atoms with E-state index in [1.54, 1.807) is 6.07 Å². The van der Waals surface area contributed by atoms with Crippen LogP contribution in [0.1, 0.15) is 38.3 Å². The first-order valence-electron chi connectivity index (χ1n) is 9.95. The molecule has 3 nitrogen and oxygen atoms in total. The van der Waals surface area contributed by atoms with Crippen molar-refractivity contribution in [1.29, 1.82) is 0 Å². The topological polar surface area (TPSA) is 43.1 Å². The maximum Gasteiger partial charge on any atom is 0.272 e. The average Bonchev–Trinajstić information content (AvgIpc) is 2.68. The lowest BCUT2D eigenvalue weighted by molar-refractivity contribution is -0.385. The van der Waals surface area contributed by atoms with Crippen molar-refractivity contribution in [3.05, 3.63) is 88.0 Å². The molecule has 0 amide bonds. The van der Waals surface area contributed by atoms with E-state index in [9.17, 15) is 10.1 Å². The fourth-order valence-electron chi connectivity index (χ4n) is 3.68. The van der Waals surface area contributed by atoms with Crippen LogP contribution < -0.4 is 0 Å². The molecule has 0 heterocycles. The SMILES string of the molecule is CCCc1ccc(-c2ccccc2)cc1-c1ccc([N+](=O)[O-])c(CC(C)C)c1. The van der Waals surface area contributed by atoms with Gasteiger partial charge in [0.25, 0.3) is 5.69 Å². The standard InChI is InChI=1S/C25H27NO2/c1-4-8-20-11-12-21(19-9-6-5-7-10-19)17-24(20)22-13-14-25(26(27)28)23(16-22)15-18(2)3/h5-7,9-14,16-18H,4,8,15H2,1-3H3. The molecular formula is C25H27NO2. The Bertz CT molecular complexity index is 962. The lowest BCUT2D eigenvalue weighted by atomic mass is 9.90. The molecule has 28 heavy (non-hydrogen) atoms. The van der Waals surface area contributed by atoms with E-state index in [0.717, 1.165) is 24.0 Å². The first-order valence-corrected chi connectivity index (χ1v) is 9.95. The predicted octanol–water partition coefficient (Wildman–Crippen LogP) is 7.08. The summed E-state index contributed by atoms with van der Waals surface area (Å²) in [6.07, 6.45) is 2.75. The lowest BCUT2D eigenvalue weighted by Gasteiger charge is -2.14. The van der Waals surface area contributed by atoms with Crippen LogP contribution >= 0.6 is 0 Å². The zero-order chi connectivity index (χ0) is 20.1. The molecule has 0 saturated heterocycles. The fraction of sp³-hybridized carbons (Fsp3) is 0.280. The van der Waals surface area contributed by atoms with E-state index in [-0.39, 0.29) is 10.6 Å². The normalized spacial score (nSPS) is 11.0. The first kappa shape index (κ1) is 19.8. The summed E-state index contributed by atoms with van der Waals surface area (Å²) < 4.78 is 0. The minimum atomic E-state index is -0.269. The van der Waals surface area contributed by atoms with Crippen molar-refractivity contribution in [2.45, 2.75) is 40.0 Å². The zero-order valence-corrected chi connectivity index (χ0v) is 16.8. The minimum Gasteiger partial charge on any atom is -0.258 e. The highest BCUT2D eigenvalue weighted by Gasteiger charge is 2.17. The van der Waals surface area contributed by atoms with E-state index < -0.39 is 0 Å². The van der Waals surface area contributed by atoms with E-state index in [0.29, 0.717) is 12.3 Å². The Kier molecular flexibility index (Phi) is 6.25. The van der Waals surface area contributed by atoms with E-state index >= 15 is 0 Å². The molecule has 0 aliphatic rings. The molecule has 0 radical (unpaired) electrons. The summed E-state index contributed by atoms with van der Waals surface area (Å²) in [7, 11) is 0. The lowest BCUT2D eigenvalue weighted by Crippen LogP contribution is -2.01. The Morgan fingerprint density at radius 2 is 1.57 bits per heavy atom. The monoisotopic (exact) mass is 373 g/mol. The van der Waals surface area contributed by atoms with Crippen LogP contribution in [0.2, 0.25) is 0 Å². The van der Waals surface area contributed by atoms with Gasteiger partial charge >= 0.3 is 0 Å². The van der Waals surface area contributed by atoms with Crippen LogP contribution in [0, 0.1) is 16.0 Å². The smallest absolute Gasteiger partial charge is 0.258 e. The summed E-state index contributed by atoms with van der Waals surface area (Å²) in [5.74, 6) is 0.361. The first-order chi connectivity index (χ1) is 13.5. The molecule has 0 aliphatic carbocycles. The molecule has 3 aromatic rings. The van der Waals surface area contributed by atoms with Crippen molar-refractivity contribution >= 4 is 5.69 Å². The highest BCUT2D eigenvalue weighted by molar-refractivity contribution is 5.76. The summed E-state index contributed by atoms with van der Waals surface area (Å²) in [6, 6.07) is 22.5. The van der Waals surface area contributed by atoms with Gasteiger partial charge < -0.3 is 0 Å². The summed E-state index contributed by atoms with van der Waals surface area (Å²) in [6.45, 7) is 6.36. The molecule has 0 spiro atoms. The van der Waals surface area contributed by atoms with Gasteiger partial charge in [0, 0.05) is 11.6 Å². The van der Waals surface area contributed by atoms with Crippen molar-refractivity contribution in [3.63, 3.8) is 0 Å². The maximum atomic E-state index is 11.5. The third-order valence-corrected chi connectivity index (χ3v) is 4.95. The molecule has 0 unspecified atom stereocenters. The molecule has 144 valence electrons. The molecule has 0 bridgehead atoms. The van der Waals surface area contributed by atoms with Gasteiger partial charge in [0.15, 0.2) is 0 Å². The molecule has 0 fully saturated rings. The van der Waals surface area contributed by atoms with Crippen molar-refractivity contribution < 1.29 is 4.92 Å². The quantitative estimate of drug-likeness (QED) is 0.328. The molecular weight excluding hydrogens is 346 g/mol. The van der Waals surface area contributed by atoms with Crippen LogP contribution in [0.25, 0.3) is 22.3 Å². The van der Waals surface area contributed by atoms with Gasteiger partial charge in [-0.25, -0.2) is 0 Å². The summed E-state index contributed by atoms with van der Waals surface area (Å²) in [4.78, 5) is 11.2. The number of benzene rings is 3. The Labute approximate surface area is 167 Å². The Balaban J connectivity index is 2.14. The number of nitro benzene ring substituents is 1. The number of nitro groups is 1. The van der Waals surface area contributed by atoms with Crippen LogP contribution in [-0.4, -0.2) is 4.92 Å². The van der Waals surface area contributed by atoms with Crippen molar-refractivity contribution in [2.75, 3.05) is 0 Å². The molecule has 0 N–H and O–H groups in total. The van der Waals surface area contributed by atoms with Gasteiger partial charge in [-0.05, 0) is 64.8 Å². The molecule has 3 heteroatoms. The summed E-state index contributed by atoms with van der Waals surface area (Å²) in [5.41, 5.74) is 6.88. The van der Waals surface area contributed by atoms with Gasteiger partial charge in [0.1, 0.15) is 0 Å². The molecule has 0 aliphatic heterocycles. The molecule has 3 rings (SSSR count). The van der Waals surface area contributed by atoms with Gasteiger partial charge in [0.2, 0.25) is 0 Å². The second kappa shape index (κ2) is 8.83. The highest BCUT2D eigenvalue weighted by Crippen LogP contribution is 2.34. The van der Waals surface area contributed by atoms with Crippen molar-refractivity contribution in [2.24, 2.45) is 5.92 Å². The number of hydrogen-bond acceptors (Lipinski definition) is 2. The third-order valence-electron chi connectivity index (χ3n) is 4.95. The molecule has 0 aromatic heterocycles. The third kappa shape index (κ3) is 4.48. The number of hydrogen-bond donors (Lipinski definition) is 0.